The number of ketones is 1. The highest BCUT2D eigenvalue weighted by Crippen LogP contribution is 2.17. The van der Waals surface area contributed by atoms with Crippen LogP contribution in [0.2, 0.25) is 0 Å². The number of alkyl halides is 3. The van der Waals surface area contributed by atoms with Gasteiger partial charge < -0.3 is 16.2 Å². The smallest absolute Gasteiger partial charge is 0.386 e. The minimum atomic E-state index is -5.31. The summed E-state index contributed by atoms with van der Waals surface area (Å²) in [5, 5.41) is 0. The van der Waals surface area contributed by atoms with E-state index in [4.69, 9.17) is 11.5 Å². The van der Waals surface area contributed by atoms with Crippen LogP contribution >= 0.6 is 0 Å². The zero-order valence-electron chi connectivity index (χ0n) is 8.78. The molecular weight excluding hydrogens is 245 g/mol. The Labute approximate surface area is 94.1 Å². The number of carbonyl (C=O) groups excluding carboxylic acids is 3. The van der Waals surface area contributed by atoms with E-state index >= 15 is 0 Å². The molecule has 0 fully saturated rings. The number of ether oxygens (including phenoxy) is 1. The summed E-state index contributed by atoms with van der Waals surface area (Å²) in [7, 11) is 0. The van der Waals surface area contributed by atoms with E-state index < -0.39 is 42.4 Å². The Morgan fingerprint density at radius 2 is 1.76 bits per heavy atom. The molecule has 0 spiro atoms. The molecule has 0 bridgehead atoms. The zero-order chi connectivity index (χ0) is 13.8. The molecule has 9 heteroatoms. The molecule has 0 radical (unpaired) electrons. The van der Waals surface area contributed by atoms with E-state index in [1.165, 1.54) is 6.92 Å². The van der Waals surface area contributed by atoms with Gasteiger partial charge in [0.2, 0.25) is 0 Å². The standard InChI is InChI=1S/C8H11F3N2O4/c1-3(13)5(14)4(2-12)6(15)17-7(16)8(9,10)11/h3-4H,2,12-13H2,1H3/t3-,4?/m0/s1. The number of halogens is 3. The number of rotatable bonds is 4. The summed E-state index contributed by atoms with van der Waals surface area (Å²) in [6, 6.07) is -1.10. The third-order valence-corrected chi connectivity index (χ3v) is 1.74. The Morgan fingerprint density at radius 1 is 1.29 bits per heavy atom. The van der Waals surface area contributed by atoms with Gasteiger partial charge in [-0.1, -0.05) is 0 Å². The molecule has 0 heterocycles. The first-order valence-electron chi connectivity index (χ1n) is 4.43. The van der Waals surface area contributed by atoms with E-state index in [0.717, 1.165) is 0 Å². The summed E-state index contributed by atoms with van der Waals surface area (Å²) < 4.78 is 38.8. The van der Waals surface area contributed by atoms with Gasteiger partial charge in [0.05, 0.1) is 6.04 Å². The quantitative estimate of drug-likeness (QED) is 0.498. The summed E-state index contributed by atoms with van der Waals surface area (Å²) in [6.07, 6.45) is -5.31. The van der Waals surface area contributed by atoms with Crippen molar-refractivity contribution in [1.29, 1.82) is 0 Å². The average molecular weight is 256 g/mol. The fourth-order valence-corrected chi connectivity index (χ4v) is 0.866. The van der Waals surface area contributed by atoms with E-state index in [9.17, 15) is 27.6 Å². The highest BCUT2D eigenvalue weighted by Gasteiger charge is 2.44. The highest BCUT2D eigenvalue weighted by atomic mass is 19.4. The first-order chi connectivity index (χ1) is 7.61. The van der Waals surface area contributed by atoms with Gasteiger partial charge in [0.15, 0.2) is 5.78 Å². The molecule has 0 aliphatic rings. The minimum absolute atomic E-state index is 0.593. The lowest BCUT2D eigenvalue weighted by Crippen LogP contribution is -2.43. The molecule has 0 amide bonds. The van der Waals surface area contributed by atoms with Crippen LogP contribution < -0.4 is 11.5 Å². The molecule has 4 N–H and O–H groups in total. The van der Waals surface area contributed by atoms with Crippen molar-refractivity contribution in [2.45, 2.75) is 19.1 Å². The molecule has 98 valence electrons. The minimum Gasteiger partial charge on any atom is -0.386 e. The van der Waals surface area contributed by atoms with E-state index in [0.29, 0.717) is 0 Å². The maximum Gasteiger partial charge on any atom is 0.491 e. The first-order valence-corrected chi connectivity index (χ1v) is 4.43. The van der Waals surface area contributed by atoms with Gasteiger partial charge in [0.25, 0.3) is 0 Å². The molecule has 0 saturated carbocycles. The summed E-state index contributed by atoms with van der Waals surface area (Å²) >= 11 is 0. The van der Waals surface area contributed by atoms with Crippen LogP contribution in [0.25, 0.3) is 0 Å². The summed E-state index contributed by atoms with van der Waals surface area (Å²) in [4.78, 5) is 32.7. The number of hydrogen-bond donors (Lipinski definition) is 2. The number of Topliss-reactive ketones (excluding diaryl/α,β-unsaturated/α-hetero) is 1. The SMILES string of the molecule is C[C@H](N)C(=O)C(CN)C(=O)OC(=O)C(F)(F)F. The lowest BCUT2D eigenvalue weighted by atomic mass is 10.00. The van der Waals surface area contributed by atoms with Gasteiger partial charge in [-0.15, -0.1) is 0 Å². The second-order valence-electron chi connectivity index (χ2n) is 3.19. The van der Waals surface area contributed by atoms with Crippen LogP contribution in [0.4, 0.5) is 13.2 Å². The Bertz CT molecular complexity index is 327. The van der Waals surface area contributed by atoms with Gasteiger partial charge in [0.1, 0.15) is 5.92 Å². The third-order valence-electron chi connectivity index (χ3n) is 1.74. The molecule has 0 aromatic rings. The molecule has 0 aromatic heterocycles. The second kappa shape index (κ2) is 5.73. The topological polar surface area (TPSA) is 112 Å². The van der Waals surface area contributed by atoms with E-state index in [1.807, 2.05) is 0 Å². The Kier molecular flexibility index (Phi) is 5.23. The van der Waals surface area contributed by atoms with Gasteiger partial charge in [0, 0.05) is 6.54 Å². The largest absolute Gasteiger partial charge is 0.491 e. The Morgan fingerprint density at radius 3 is 2.06 bits per heavy atom. The van der Waals surface area contributed by atoms with Crippen molar-refractivity contribution >= 4 is 17.7 Å². The summed E-state index contributed by atoms with van der Waals surface area (Å²) in [6.45, 7) is 0.633. The van der Waals surface area contributed by atoms with E-state index in [-0.39, 0.29) is 0 Å². The zero-order valence-corrected chi connectivity index (χ0v) is 8.78. The lowest BCUT2D eigenvalue weighted by molar-refractivity contribution is -0.203. The predicted molar refractivity (Wildman–Crippen MR) is 48.4 cm³/mol. The van der Waals surface area contributed by atoms with Crippen LogP contribution in [0.1, 0.15) is 6.92 Å². The van der Waals surface area contributed by atoms with Crippen molar-refractivity contribution in [2.75, 3.05) is 6.54 Å². The maximum atomic E-state index is 11.8. The van der Waals surface area contributed by atoms with Crippen LogP contribution in [0, 0.1) is 5.92 Å². The van der Waals surface area contributed by atoms with E-state index in [2.05, 4.69) is 4.74 Å². The van der Waals surface area contributed by atoms with Gasteiger partial charge in [-0.25, -0.2) is 4.79 Å². The first kappa shape index (κ1) is 15.5. The molecule has 0 aromatic carbocycles. The third kappa shape index (κ3) is 4.49. The van der Waals surface area contributed by atoms with E-state index in [1.54, 1.807) is 0 Å². The van der Waals surface area contributed by atoms with Crippen LogP contribution in [-0.4, -0.2) is 36.5 Å². The normalized spacial score (nSPS) is 14.9. The van der Waals surface area contributed by atoms with Crippen molar-refractivity contribution in [3.05, 3.63) is 0 Å². The van der Waals surface area contributed by atoms with Crippen molar-refractivity contribution in [1.82, 2.24) is 0 Å². The molecule has 6 nitrogen and oxygen atoms in total. The predicted octanol–water partition coefficient (Wildman–Crippen LogP) is -0.890. The van der Waals surface area contributed by atoms with Crippen LogP contribution in [0.15, 0.2) is 0 Å². The second-order valence-corrected chi connectivity index (χ2v) is 3.19. The van der Waals surface area contributed by atoms with Crippen molar-refractivity contribution in [3.63, 3.8) is 0 Å². The number of carbonyl (C=O) groups is 3. The lowest BCUT2D eigenvalue weighted by Gasteiger charge is -2.14. The number of nitrogens with two attached hydrogens (primary N) is 2. The molecule has 1 unspecified atom stereocenters. The molecule has 2 atom stereocenters. The average Bonchev–Trinajstić information content (AvgIpc) is 2.16. The molecule has 0 aliphatic heterocycles. The van der Waals surface area contributed by atoms with Crippen molar-refractivity contribution < 1.29 is 32.3 Å². The summed E-state index contributed by atoms with van der Waals surface area (Å²) in [5.74, 6) is -6.93. The Hall–Kier alpha value is -1.48. The van der Waals surface area contributed by atoms with Gasteiger partial charge in [-0.3, -0.25) is 9.59 Å². The van der Waals surface area contributed by atoms with Gasteiger partial charge >= 0.3 is 18.1 Å². The van der Waals surface area contributed by atoms with Crippen LogP contribution in [0.3, 0.4) is 0 Å². The molecule has 17 heavy (non-hydrogen) atoms. The molecule has 0 aliphatic carbocycles. The van der Waals surface area contributed by atoms with Gasteiger partial charge in [-0.2, -0.15) is 13.2 Å². The van der Waals surface area contributed by atoms with Crippen LogP contribution in [0.5, 0.6) is 0 Å². The molecular formula is C8H11F3N2O4. The van der Waals surface area contributed by atoms with Crippen molar-refractivity contribution in [2.24, 2.45) is 17.4 Å². The number of esters is 2. The highest BCUT2D eigenvalue weighted by molar-refractivity contribution is 6.04. The van der Waals surface area contributed by atoms with Crippen LogP contribution in [-0.2, 0) is 19.1 Å². The fraction of sp³-hybridized carbons (Fsp3) is 0.625. The Balaban J connectivity index is 4.69. The number of hydrogen-bond acceptors (Lipinski definition) is 6. The monoisotopic (exact) mass is 256 g/mol. The van der Waals surface area contributed by atoms with Gasteiger partial charge in [-0.05, 0) is 6.92 Å². The fourth-order valence-electron chi connectivity index (χ4n) is 0.866. The molecule has 0 rings (SSSR count). The maximum absolute atomic E-state index is 11.8. The summed E-state index contributed by atoms with van der Waals surface area (Å²) in [5.41, 5.74) is 10.2. The molecule has 0 saturated heterocycles. The van der Waals surface area contributed by atoms with Crippen molar-refractivity contribution in [3.8, 4) is 0 Å².